The Labute approximate surface area is 115 Å². The van der Waals surface area contributed by atoms with Gasteiger partial charge in [0.25, 0.3) is 0 Å². The first-order chi connectivity index (χ1) is 9.33. The van der Waals surface area contributed by atoms with Crippen LogP contribution in [0.3, 0.4) is 0 Å². The maximum absolute atomic E-state index is 11.7. The largest absolute Gasteiger partial charge is 0.478 e. The summed E-state index contributed by atoms with van der Waals surface area (Å²) in [5.41, 5.74) is 5.14. The number of hydrogen-bond acceptors (Lipinski definition) is 4. The number of benzene rings is 1. The molecule has 20 heavy (non-hydrogen) atoms. The molecule has 1 amide bonds. The molecule has 0 heterocycles. The molecule has 0 saturated carbocycles. The summed E-state index contributed by atoms with van der Waals surface area (Å²) in [4.78, 5) is 33.5. The van der Waals surface area contributed by atoms with Gasteiger partial charge >= 0.3 is 11.9 Å². The zero-order valence-electron chi connectivity index (χ0n) is 10.9. The molecular weight excluding hydrogens is 264 g/mol. The predicted molar refractivity (Wildman–Crippen MR) is 71.8 cm³/mol. The monoisotopic (exact) mass is 280 g/mol. The van der Waals surface area contributed by atoms with E-state index < -0.39 is 11.9 Å². The number of nitrogens with one attached hydrogen (secondary N) is 1. The summed E-state index contributed by atoms with van der Waals surface area (Å²) in [6, 6.07) is 3.45. The summed E-state index contributed by atoms with van der Waals surface area (Å²) in [6.07, 6.45) is 0.177. The summed E-state index contributed by atoms with van der Waals surface area (Å²) in [5.74, 6) is -2.89. The molecule has 1 aromatic rings. The molecule has 0 aliphatic carbocycles. The minimum Gasteiger partial charge on any atom is -0.478 e. The van der Waals surface area contributed by atoms with Crippen molar-refractivity contribution in [2.24, 2.45) is 11.7 Å². The highest BCUT2D eigenvalue weighted by molar-refractivity contribution is 5.98. The van der Waals surface area contributed by atoms with Gasteiger partial charge in [0.05, 0.1) is 11.1 Å². The topological polar surface area (TPSA) is 130 Å². The highest BCUT2D eigenvalue weighted by Gasteiger charge is 2.13. The van der Waals surface area contributed by atoms with Crippen LogP contribution in [0.1, 0.15) is 34.1 Å². The predicted octanol–water partition coefficient (Wildman–Crippen LogP) is 1.01. The van der Waals surface area contributed by atoms with Crippen molar-refractivity contribution in [1.29, 1.82) is 0 Å². The molecule has 0 aliphatic rings. The highest BCUT2D eigenvalue weighted by Crippen LogP contribution is 2.16. The highest BCUT2D eigenvalue weighted by atomic mass is 16.4. The second-order valence-electron chi connectivity index (χ2n) is 4.50. The summed E-state index contributed by atoms with van der Waals surface area (Å²) in [5, 5.41) is 20.3. The quantitative estimate of drug-likeness (QED) is 0.615. The molecule has 7 nitrogen and oxygen atoms in total. The van der Waals surface area contributed by atoms with Gasteiger partial charge in [-0.25, -0.2) is 9.59 Å². The molecule has 0 fully saturated rings. The first kappa shape index (κ1) is 15.6. The third-order valence-corrected chi connectivity index (χ3v) is 2.65. The van der Waals surface area contributed by atoms with Crippen molar-refractivity contribution in [3.8, 4) is 0 Å². The molecule has 0 bridgehead atoms. The van der Waals surface area contributed by atoms with Gasteiger partial charge < -0.3 is 21.3 Å². The lowest BCUT2D eigenvalue weighted by Gasteiger charge is -2.10. The molecule has 0 saturated heterocycles. The lowest BCUT2D eigenvalue weighted by Crippen LogP contribution is -2.20. The standard InChI is InChI=1S/C13H16N2O5/c1-7(6-14)2-11(16)15-10-4-8(12(17)18)3-9(5-10)13(19)20/h3-5,7H,2,6,14H2,1H3,(H,15,16)(H,17,18)(H,19,20). The van der Waals surface area contributed by atoms with Gasteiger partial charge in [0, 0.05) is 12.1 Å². The smallest absolute Gasteiger partial charge is 0.335 e. The Bertz CT molecular complexity index is 509. The Balaban J connectivity index is 2.97. The zero-order valence-corrected chi connectivity index (χ0v) is 10.9. The molecule has 1 aromatic carbocycles. The van der Waals surface area contributed by atoms with E-state index in [0.717, 1.165) is 6.07 Å². The Morgan fingerprint density at radius 2 is 1.65 bits per heavy atom. The molecule has 0 aromatic heterocycles. The number of aromatic carboxylic acids is 2. The second-order valence-corrected chi connectivity index (χ2v) is 4.50. The van der Waals surface area contributed by atoms with Crippen molar-refractivity contribution in [2.45, 2.75) is 13.3 Å². The van der Waals surface area contributed by atoms with E-state index in [9.17, 15) is 14.4 Å². The zero-order chi connectivity index (χ0) is 15.3. The second kappa shape index (κ2) is 6.67. The Kier molecular flexibility index (Phi) is 5.22. The van der Waals surface area contributed by atoms with Gasteiger partial charge in [-0.15, -0.1) is 0 Å². The van der Waals surface area contributed by atoms with Crippen LogP contribution in [0.25, 0.3) is 0 Å². The molecule has 7 heteroatoms. The fourth-order valence-electron chi connectivity index (χ4n) is 1.56. The average Bonchev–Trinajstić information content (AvgIpc) is 2.37. The molecule has 0 radical (unpaired) electrons. The first-order valence-electron chi connectivity index (χ1n) is 5.95. The van der Waals surface area contributed by atoms with Gasteiger partial charge in [0.2, 0.25) is 5.91 Å². The van der Waals surface area contributed by atoms with E-state index in [1.165, 1.54) is 12.1 Å². The third-order valence-electron chi connectivity index (χ3n) is 2.65. The summed E-state index contributed by atoms with van der Waals surface area (Å²) in [6.45, 7) is 2.15. The van der Waals surface area contributed by atoms with Crippen LogP contribution in [0.2, 0.25) is 0 Å². The third kappa shape index (κ3) is 4.36. The van der Waals surface area contributed by atoms with Crippen LogP contribution >= 0.6 is 0 Å². The Morgan fingerprint density at radius 3 is 2.05 bits per heavy atom. The lowest BCUT2D eigenvalue weighted by atomic mass is 10.1. The van der Waals surface area contributed by atoms with E-state index in [1.54, 1.807) is 6.92 Å². The van der Waals surface area contributed by atoms with Gasteiger partial charge in [-0.1, -0.05) is 6.92 Å². The number of carboxylic acids is 2. The van der Waals surface area contributed by atoms with Gasteiger partial charge in [0.15, 0.2) is 0 Å². The van der Waals surface area contributed by atoms with E-state index in [2.05, 4.69) is 5.32 Å². The molecule has 1 rings (SSSR count). The van der Waals surface area contributed by atoms with E-state index in [1.807, 2.05) is 0 Å². The lowest BCUT2D eigenvalue weighted by molar-refractivity contribution is -0.116. The Hall–Kier alpha value is -2.41. The van der Waals surface area contributed by atoms with Crippen LogP contribution in [-0.2, 0) is 4.79 Å². The molecule has 0 aliphatic heterocycles. The molecule has 108 valence electrons. The van der Waals surface area contributed by atoms with Gasteiger partial charge in [0.1, 0.15) is 0 Å². The van der Waals surface area contributed by atoms with Crippen LogP contribution in [0.4, 0.5) is 5.69 Å². The minimum absolute atomic E-state index is 0.0170. The van der Waals surface area contributed by atoms with Crippen molar-refractivity contribution < 1.29 is 24.6 Å². The van der Waals surface area contributed by atoms with Crippen LogP contribution in [-0.4, -0.2) is 34.6 Å². The summed E-state index contributed by atoms with van der Waals surface area (Å²) in [7, 11) is 0. The number of carboxylic acid groups (broad SMARTS) is 2. The number of amides is 1. The molecule has 1 unspecified atom stereocenters. The average molecular weight is 280 g/mol. The van der Waals surface area contributed by atoms with E-state index in [4.69, 9.17) is 15.9 Å². The van der Waals surface area contributed by atoms with Crippen molar-refractivity contribution >= 4 is 23.5 Å². The fraction of sp³-hybridized carbons (Fsp3) is 0.308. The van der Waals surface area contributed by atoms with Gasteiger partial charge in [-0.3, -0.25) is 4.79 Å². The molecule has 0 spiro atoms. The number of rotatable bonds is 6. The van der Waals surface area contributed by atoms with Crippen molar-refractivity contribution in [2.75, 3.05) is 11.9 Å². The number of hydrogen-bond donors (Lipinski definition) is 4. The Morgan fingerprint density at radius 1 is 1.15 bits per heavy atom. The van der Waals surface area contributed by atoms with Crippen molar-refractivity contribution in [1.82, 2.24) is 0 Å². The van der Waals surface area contributed by atoms with Gasteiger partial charge in [-0.2, -0.15) is 0 Å². The number of carbonyl (C=O) groups is 3. The molecular formula is C13H16N2O5. The van der Waals surface area contributed by atoms with Crippen molar-refractivity contribution in [3.63, 3.8) is 0 Å². The van der Waals surface area contributed by atoms with Crippen LogP contribution in [0.15, 0.2) is 18.2 Å². The van der Waals surface area contributed by atoms with Crippen LogP contribution in [0.5, 0.6) is 0 Å². The molecule has 1 atom stereocenters. The maximum atomic E-state index is 11.7. The first-order valence-corrected chi connectivity index (χ1v) is 5.95. The summed E-state index contributed by atoms with van der Waals surface area (Å²) >= 11 is 0. The van der Waals surface area contributed by atoms with Gasteiger partial charge in [-0.05, 0) is 30.7 Å². The maximum Gasteiger partial charge on any atom is 0.335 e. The normalized spacial score (nSPS) is 11.7. The van der Waals surface area contributed by atoms with Crippen molar-refractivity contribution in [3.05, 3.63) is 29.3 Å². The molecule has 5 N–H and O–H groups in total. The van der Waals surface area contributed by atoms with Crippen LogP contribution in [0, 0.1) is 5.92 Å². The fourth-order valence-corrected chi connectivity index (χ4v) is 1.56. The van der Waals surface area contributed by atoms with E-state index in [-0.39, 0.29) is 35.1 Å². The number of nitrogens with two attached hydrogens (primary N) is 1. The van der Waals surface area contributed by atoms with Crippen LogP contribution < -0.4 is 11.1 Å². The minimum atomic E-state index is -1.26. The number of carbonyl (C=O) groups excluding carboxylic acids is 1. The van der Waals surface area contributed by atoms with E-state index in [0.29, 0.717) is 6.54 Å². The van der Waals surface area contributed by atoms with E-state index >= 15 is 0 Å². The SMILES string of the molecule is CC(CN)CC(=O)Nc1cc(C(=O)O)cc(C(=O)O)c1. The summed E-state index contributed by atoms with van der Waals surface area (Å²) < 4.78 is 0. The number of anilines is 1.